The Labute approximate surface area is 255 Å². The third-order valence-electron chi connectivity index (χ3n) is 8.92. The third-order valence-corrected chi connectivity index (χ3v) is 9.24. The van der Waals surface area contributed by atoms with Crippen molar-refractivity contribution in [1.29, 1.82) is 0 Å². The zero-order chi connectivity index (χ0) is 30.5. The number of allylic oxidation sites excluding steroid dienone is 1. The molecule has 226 valence electrons. The zero-order valence-electron chi connectivity index (χ0n) is 24.6. The Balaban J connectivity index is 1.42. The number of aliphatic hydroxyl groups is 1. The average molecular weight is 607 g/mol. The maximum atomic E-state index is 16.8. The van der Waals surface area contributed by atoms with E-state index in [1.54, 1.807) is 37.2 Å². The van der Waals surface area contributed by atoms with Crippen molar-refractivity contribution in [3.8, 4) is 0 Å². The van der Waals surface area contributed by atoms with Crippen LogP contribution in [0.2, 0.25) is 5.02 Å². The van der Waals surface area contributed by atoms with Gasteiger partial charge in [0.2, 0.25) is 17.8 Å². The number of piperazine rings is 1. The first-order valence-electron chi connectivity index (χ1n) is 14.7. The fourth-order valence-corrected chi connectivity index (χ4v) is 6.86. The van der Waals surface area contributed by atoms with Gasteiger partial charge in [-0.25, -0.2) is 9.37 Å². The van der Waals surface area contributed by atoms with Crippen LogP contribution in [0.3, 0.4) is 0 Å². The molecular weight excluding hydrogens is 571 g/mol. The number of carbonyl (C=O) groups excluding carboxylic acids is 2. The summed E-state index contributed by atoms with van der Waals surface area (Å²) in [5.74, 6) is -0.440. The van der Waals surface area contributed by atoms with Gasteiger partial charge in [-0.15, -0.1) is 0 Å². The SMILES string of the molecule is C/C=C/C(=O)N1CCN(c2nc(NCCC(=O)N(C)C)nc3c(F)c(C4c5ccccc5CC5(O)C[C@H]45)c(Cl)cc23)CC1. The van der Waals surface area contributed by atoms with Crippen LogP contribution in [0.4, 0.5) is 16.2 Å². The molecule has 11 heteroatoms. The number of nitrogens with one attached hydrogen (secondary N) is 1. The van der Waals surface area contributed by atoms with Crippen LogP contribution in [-0.2, 0) is 16.0 Å². The summed E-state index contributed by atoms with van der Waals surface area (Å²) in [4.78, 5) is 39.3. The van der Waals surface area contributed by atoms with Gasteiger partial charge in [0.25, 0.3) is 0 Å². The summed E-state index contributed by atoms with van der Waals surface area (Å²) in [6.07, 6.45) is 4.63. The molecule has 2 heterocycles. The Morgan fingerprint density at radius 3 is 2.67 bits per heavy atom. The van der Waals surface area contributed by atoms with Gasteiger partial charge < -0.3 is 25.1 Å². The smallest absolute Gasteiger partial charge is 0.246 e. The Morgan fingerprint density at radius 2 is 1.95 bits per heavy atom. The number of hydrogen-bond acceptors (Lipinski definition) is 7. The first-order chi connectivity index (χ1) is 20.6. The van der Waals surface area contributed by atoms with Crippen molar-refractivity contribution in [3.63, 3.8) is 0 Å². The number of fused-ring (bicyclic) bond motifs is 3. The fourth-order valence-electron chi connectivity index (χ4n) is 6.55. The fraction of sp³-hybridized carbons (Fsp3) is 0.438. The molecule has 2 amide bonds. The molecule has 3 aliphatic rings. The van der Waals surface area contributed by atoms with Gasteiger partial charge in [0, 0.05) is 87.5 Å². The van der Waals surface area contributed by atoms with E-state index in [9.17, 15) is 14.7 Å². The van der Waals surface area contributed by atoms with E-state index in [-0.39, 0.29) is 47.2 Å². The highest BCUT2D eigenvalue weighted by molar-refractivity contribution is 6.32. The van der Waals surface area contributed by atoms with Crippen LogP contribution >= 0.6 is 11.6 Å². The maximum Gasteiger partial charge on any atom is 0.246 e. The standard InChI is InChI=1S/C32H36ClFN6O3/c1-4-7-25(42)39-12-14-40(15-13-39)30-21-16-23(33)27(26-20-9-6-5-8-19(20)17-32(43)18-22(26)32)28(34)29(21)36-31(37-30)35-11-10-24(41)38(2)3/h4-9,16,22,26,43H,10-15,17-18H2,1-3H3,(H,35,36,37)/b7-4+/t22-,26?,32?/m1/s1. The van der Waals surface area contributed by atoms with Crippen molar-refractivity contribution in [2.45, 2.75) is 37.7 Å². The van der Waals surface area contributed by atoms with E-state index in [4.69, 9.17) is 16.6 Å². The van der Waals surface area contributed by atoms with Gasteiger partial charge in [-0.2, -0.15) is 4.98 Å². The van der Waals surface area contributed by atoms with Crippen LogP contribution < -0.4 is 10.2 Å². The topological polar surface area (TPSA) is 102 Å². The van der Waals surface area contributed by atoms with E-state index >= 15 is 4.39 Å². The lowest BCUT2D eigenvalue weighted by Gasteiger charge is -2.35. The number of hydrogen-bond donors (Lipinski definition) is 2. The van der Waals surface area contributed by atoms with Gasteiger partial charge in [-0.05, 0) is 36.6 Å². The Morgan fingerprint density at radius 1 is 1.21 bits per heavy atom. The monoisotopic (exact) mass is 606 g/mol. The maximum absolute atomic E-state index is 16.8. The van der Waals surface area contributed by atoms with E-state index in [1.807, 2.05) is 36.1 Å². The summed E-state index contributed by atoms with van der Waals surface area (Å²) in [7, 11) is 3.39. The highest BCUT2D eigenvalue weighted by Crippen LogP contribution is 2.61. The lowest BCUT2D eigenvalue weighted by molar-refractivity contribution is -0.128. The predicted molar refractivity (Wildman–Crippen MR) is 165 cm³/mol. The molecule has 1 saturated heterocycles. The van der Waals surface area contributed by atoms with Gasteiger partial charge in [0.15, 0.2) is 5.82 Å². The van der Waals surface area contributed by atoms with Crippen LogP contribution in [0.1, 0.15) is 42.4 Å². The second kappa shape index (κ2) is 11.4. The van der Waals surface area contributed by atoms with Crippen molar-refractivity contribution in [1.82, 2.24) is 19.8 Å². The number of amides is 2. The van der Waals surface area contributed by atoms with Gasteiger partial charge in [0.05, 0.1) is 5.60 Å². The van der Waals surface area contributed by atoms with Crippen LogP contribution in [-0.4, -0.2) is 89.1 Å². The minimum absolute atomic E-state index is 0.0471. The Kier molecular flexibility index (Phi) is 7.76. The third kappa shape index (κ3) is 5.42. The molecular formula is C32H36ClFN6O3. The van der Waals surface area contributed by atoms with Crippen molar-refractivity contribution in [3.05, 3.63) is 70.0 Å². The lowest BCUT2D eigenvalue weighted by atomic mass is 9.77. The Bertz CT molecular complexity index is 1620. The summed E-state index contributed by atoms with van der Waals surface area (Å²) in [5.41, 5.74) is 1.58. The second-order valence-corrected chi connectivity index (χ2v) is 12.3. The van der Waals surface area contributed by atoms with Crippen LogP contribution in [0, 0.1) is 11.7 Å². The van der Waals surface area contributed by atoms with Crippen molar-refractivity contribution in [2.75, 3.05) is 57.0 Å². The van der Waals surface area contributed by atoms with Crippen molar-refractivity contribution < 1.29 is 19.1 Å². The summed E-state index contributed by atoms with van der Waals surface area (Å²) >= 11 is 6.92. The van der Waals surface area contributed by atoms with Crippen LogP contribution in [0.5, 0.6) is 0 Å². The summed E-state index contributed by atoms with van der Waals surface area (Å²) in [6, 6.07) is 9.58. The highest BCUT2D eigenvalue weighted by atomic mass is 35.5. The molecule has 1 aromatic heterocycles. The number of nitrogens with zero attached hydrogens (tertiary/aromatic N) is 5. The molecule has 6 rings (SSSR count). The number of anilines is 2. The molecule has 1 aliphatic heterocycles. The minimum Gasteiger partial charge on any atom is -0.389 e. The number of aromatic nitrogens is 2. The van der Waals surface area contributed by atoms with Crippen LogP contribution in [0.25, 0.3) is 10.9 Å². The zero-order valence-corrected chi connectivity index (χ0v) is 25.4. The molecule has 2 aromatic carbocycles. The molecule has 2 N–H and O–H groups in total. The second-order valence-electron chi connectivity index (χ2n) is 11.9. The predicted octanol–water partition coefficient (Wildman–Crippen LogP) is 3.98. The first kappa shape index (κ1) is 29.3. The summed E-state index contributed by atoms with van der Waals surface area (Å²) in [6.45, 7) is 4.06. The molecule has 2 fully saturated rings. The first-order valence-corrected chi connectivity index (χ1v) is 15.1. The van der Waals surface area contributed by atoms with E-state index in [0.717, 1.165) is 11.1 Å². The van der Waals surface area contributed by atoms with Gasteiger partial charge >= 0.3 is 0 Å². The summed E-state index contributed by atoms with van der Waals surface area (Å²) < 4.78 is 16.8. The number of benzene rings is 2. The molecule has 0 spiro atoms. The van der Waals surface area contributed by atoms with Gasteiger partial charge in [-0.1, -0.05) is 41.9 Å². The molecule has 2 unspecified atom stereocenters. The van der Waals surface area contributed by atoms with E-state index in [1.165, 1.54) is 4.90 Å². The van der Waals surface area contributed by atoms with Crippen LogP contribution in [0.15, 0.2) is 42.5 Å². The molecule has 43 heavy (non-hydrogen) atoms. The lowest BCUT2D eigenvalue weighted by Crippen LogP contribution is -2.48. The molecule has 3 aromatic rings. The molecule has 0 bridgehead atoms. The van der Waals surface area contributed by atoms with E-state index < -0.39 is 17.3 Å². The van der Waals surface area contributed by atoms with Crippen molar-refractivity contribution >= 4 is 46.1 Å². The number of rotatable bonds is 7. The van der Waals surface area contributed by atoms with Gasteiger partial charge in [0.1, 0.15) is 11.3 Å². The van der Waals surface area contributed by atoms with E-state index in [0.29, 0.717) is 55.8 Å². The molecule has 0 radical (unpaired) electrons. The molecule has 3 atom stereocenters. The highest BCUT2D eigenvalue weighted by Gasteiger charge is 2.60. The molecule has 9 nitrogen and oxygen atoms in total. The average Bonchev–Trinajstić information content (AvgIpc) is 3.67. The largest absolute Gasteiger partial charge is 0.389 e. The summed E-state index contributed by atoms with van der Waals surface area (Å²) in [5, 5.41) is 15.0. The Hall–Kier alpha value is -3.76. The van der Waals surface area contributed by atoms with Gasteiger partial charge in [-0.3, -0.25) is 9.59 Å². The van der Waals surface area contributed by atoms with E-state index in [2.05, 4.69) is 10.3 Å². The molecule has 2 aliphatic carbocycles. The van der Waals surface area contributed by atoms with Crippen molar-refractivity contribution in [2.24, 2.45) is 5.92 Å². The number of halogens is 2. The normalized spacial score (nSPS) is 22.8. The molecule has 1 saturated carbocycles. The quantitative estimate of drug-likeness (QED) is 0.392. The number of carbonyl (C=O) groups is 2. The minimum atomic E-state index is -0.865.